The quantitative estimate of drug-likeness (QED) is 0.892. The van der Waals surface area contributed by atoms with E-state index in [0.29, 0.717) is 17.5 Å². The number of rotatable bonds is 3. The van der Waals surface area contributed by atoms with Crippen LogP contribution in [0, 0.1) is 5.92 Å². The van der Waals surface area contributed by atoms with Crippen molar-refractivity contribution < 1.29 is 0 Å². The van der Waals surface area contributed by atoms with Crippen LogP contribution in [0.5, 0.6) is 0 Å². The molecule has 0 aliphatic heterocycles. The van der Waals surface area contributed by atoms with Crippen LogP contribution in [0.15, 0.2) is 18.3 Å². The number of halogens is 1. The van der Waals surface area contributed by atoms with Gasteiger partial charge in [-0.05, 0) is 18.1 Å². The van der Waals surface area contributed by atoms with Gasteiger partial charge in [-0.15, -0.1) is 0 Å². The molecule has 2 aromatic heterocycles. The van der Waals surface area contributed by atoms with E-state index >= 15 is 0 Å². The molecule has 0 amide bonds. The van der Waals surface area contributed by atoms with Crippen molar-refractivity contribution in [3.8, 4) is 0 Å². The number of hydrogen-bond donors (Lipinski definition) is 1. The highest BCUT2D eigenvalue weighted by Gasteiger charge is 2.13. The summed E-state index contributed by atoms with van der Waals surface area (Å²) in [4.78, 5) is 4.56. The zero-order chi connectivity index (χ0) is 11.7. The van der Waals surface area contributed by atoms with Crippen LogP contribution in [0.2, 0.25) is 5.02 Å². The van der Waals surface area contributed by atoms with Crippen molar-refractivity contribution in [2.24, 2.45) is 11.7 Å². The van der Waals surface area contributed by atoms with Gasteiger partial charge in [0, 0.05) is 19.2 Å². The summed E-state index contributed by atoms with van der Waals surface area (Å²) >= 11 is 6.17. The SMILES string of the molecule is CC(C)Cc1nc(CN)c2c(Cl)cccn12. The second kappa shape index (κ2) is 4.44. The molecular formula is C12H16ClN3. The largest absolute Gasteiger partial charge is 0.325 e. The lowest BCUT2D eigenvalue weighted by Gasteiger charge is -2.04. The smallest absolute Gasteiger partial charge is 0.113 e. The Hall–Kier alpha value is -1.06. The molecule has 4 heteroatoms. The fourth-order valence-electron chi connectivity index (χ4n) is 1.89. The molecule has 3 nitrogen and oxygen atoms in total. The number of nitrogens with zero attached hydrogens (tertiary/aromatic N) is 2. The van der Waals surface area contributed by atoms with E-state index in [1.165, 1.54) is 0 Å². The van der Waals surface area contributed by atoms with Gasteiger partial charge in [-0.2, -0.15) is 0 Å². The van der Waals surface area contributed by atoms with Crippen molar-refractivity contribution in [3.63, 3.8) is 0 Å². The third kappa shape index (κ3) is 1.93. The Kier molecular flexibility index (Phi) is 3.17. The number of hydrogen-bond acceptors (Lipinski definition) is 2. The molecule has 0 aromatic carbocycles. The molecular weight excluding hydrogens is 222 g/mol. The first-order valence-electron chi connectivity index (χ1n) is 5.48. The zero-order valence-electron chi connectivity index (χ0n) is 9.57. The summed E-state index contributed by atoms with van der Waals surface area (Å²) in [6.07, 6.45) is 2.92. The molecule has 0 saturated carbocycles. The van der Waals surface area contributed by atoms with Gasteiger partial charge in [0.1, 0.15) is 5.82 Å². The molecule has 0 aliphatic rings. The normalized spacial score (nSPS) is 11.6. The molecule has 2 heterocycles. The van der Waals surface area contributed by atoms with Gasteiger partial charge in [0.05, 0.1) is 16.2 Å². The second-order valence-electron chi connectivity index (χ2n) is 4.35. The van der Waals surface area contributed by atoms with Crippen molar-refractivity contribution in [1.82, 2.24) is 9.38 Å². The highest BCUT2D eigenvalue weighted by molar-refractivity contribution is 6.34. The minimum atomic E-state index is 0.422. The van der Waals surface area contributed by atoms with Gasteiger partial charge in [-0.1, -0.05) is 25.4 Å². The van der Waals surface area contributed by atoms with E-state index in [1.807, 2.05) is 22.7 Å². The fraction of sp³-hybridized carbons (Fsp3) is 0.417. The Morgan fingerprint density at radius 2 is 2.25 bits per heavy atom. The van der Waals surface area contributed by atoms with Crippen LogP contribution in [0.4, 0.5) is 0 Å². The minimum absolute atomic E-state index is 0.422. The Morgan fingerprint density at radius 3 is 2.88 bits per heavy atom. The number of pyridine rings is 1. The third-order valence-corrected chi connectivity index (χ3v) is 2.85. The van der Waals surface area contributed by atoms with Crippen LogP contribution in [-0.4, -0.2) is 9.38 Å². The first-order valence-corrected chi connectivity index (χ1v) is 5.85. The van der Waals surface area contributed by atoms with Crippen molar-refractivity contribution in [2.45, 2.75) is 26.8 Å². The number of imidazole rings is 1. The van der Waals surface area contributed by atoms with E-state index in [0.717, 1.165) is 23.5 Å². The zero-order valence-corrected chi connectivity index (χ0v) is 10.3. The van der Waals surface area contributed by atoms with E-state index in [9.17, 15) is 0 Å². The lowest BCUT2D eigenvalue weighted by Crippen LogP contribution is -2.00. The van der Waals surface area contributed by atoms with E-state index in [-0.39, 0.29) is 0 Å². The monoisotopic (exact) mass is 237 g/mol. The summed E-state index contributed by atoms with van der Waals surface area (Å²) in [5.41, 5.74) is 7.52. The molecule has 0 saturated heterocycles. The molecule has 16 heavy (non-hydrogen) atoms. The standard InChI is InChI=1S/C12H16ClN3/c1-8(2)6-11-15-10(7-14)12-9(13)4-3-5-16(11)12/h3-5,8H,6-7,14H2,1-2H3. The predicted octanol–water partition coefficient (Wildman–Crippen LogP) is 2.64. The van der Waals surface area contributed by atoms with Crippen LogP contribution in [0.1, 0.15) is 25.4 Å². The molecule has 0 fully saturated rings. The van der Waals surface area contributed by atoms with E-state index in [4.69, 9.17) is 17.3 Å². The Labute approximate surface area is 100 Å². The van der Waals surface area contributed by atoms with E-state index in [1.54, 1.807) is 0 Å². The fourth-order valence-corrected chi connectivity index (χ4v) is 2.16. The molecule has 2 aromatic rings. The highest BCUT2D eigenvalue weighted by Crippen LogP contribution is 2.23. The second-order valence-corrected chi connectivity index (χ2v) is 4.76. The highest BCUT2D eigenvalue weighted by atomic mass is 35.5. The van der Waals surface area contributed by atoms with Crippen molar-refractivity contribution >= 4 is 17.1 Å². The van der Waals surface area contributed by atoms with E-state index < -0.39 is 0 Å². The minimum Gasteiger partial charge on any atom is -0.325 e. The molecule has 2 N–H and O–H groups in total. The third-order valence-electron chi connectivity index (χ3n) is 2.54. The Bertz CT molecular complexity index is 502. The van der Waals surface area contributed by atoms with E-state index in [2.05, 4.69) is 18.8 Å². The van der Waals surface area contributed by atoms with Gasteiger partial charge >= 0.3 is 0 Å². The van der Waals surface area contributed by atoms with Crippen LogP contribution in [0.25, 0.3) is 5.52 Å². The van der Waals surface area contributed by atoms with Crippen LogP contribution < -0.4 is 5.73 Å². The maximum atomic E-state index is 6.17. The number of nitrogens with two attached hydrogens (primary N) is 1. The van der Waals surface area contributed by atoms with Gasteiger partial charge in [-0.25, -0.2) is 4.98 Å². The first kappa shape index (κ1) is 11.4. The van der Waals surface area contributed by atoms with Gasteiger partial charge in [0.25, 0.3) is 0 Å². The Balaban J connectivity index is 2.63. The molecule has 2 rings (SSSR count). The molecule has 0 aliphatic carbocycles. The molecule has 86 valence electrons. The van der Waals surface area contributed by atoms with Crippen LogP contribution in [0.3, 0.4) is 0 Å². The topological polar surface area (TPSA) is 43.3 Å². The Morgan fingerprint density at radius 1 is 1.50 bits per heavy atom. The molecule has 0 unspecified atom stereocenters. The average molecular weight is 238 g/mol. The summed E-state index contributed by atoms with van der Waals surface area (Å²) in [6.45, 7) is 4.77. The van der Waals surface area contributed by atoms with Gasteiger partial charge < -0.3 is 10.1 Å². The molecule has 0 radical (unpaired) electrons. The van der Waals surface area contributed by atoms with Crippen LogP contribution in [-0.2, 0) is 13.0 Å². The summed E-state index contributed by atoms with van der Waals surface area (Å²) in [5.74, 6) is 1.60. The van der Waals surface area contributed by atoms with Crippen molar-refractivity contribution in [1.29, 1.82) is 0 Å². The summed E-state index contributed by atoms with van der Waals surface area (Å²) in [5, 5.41) is 0.713. The van der Waals surface area contributed by atoms with Gasteiger partial charge in [-0.3, -0.25) is 0 Å². The summed E-state index contributed by atoms with van der Waals surface area (Å²) in [6, 6.07) is 3.80. The number of fused-ring (bicyclic) bond motifs is 1. The lowest BCUT2D eigenvalue weighted by atomic mass is 10.1. The molecule has 0 bridgehead atoms. The predicted molar refractivity (Wildman–Crippen MR) is 66.6 cm³/mol. The van der Waals surface area contributed by atoms with Crippen LogP contribution >= 0.6 is 11.6 Å². The maximum absolute atomic E-state index is 6.17. The van der Waals surface area contributed by atoms with Gasteiger partial charge in [0.2, 0.25) is 0 Å². The first-order chi connectivity index (χ1) is 7.63. The van der Waals surface area contributed by atoms with Crippen molar-refractivity contribution in [2.75, 3.05) is 0 Å². The molecule has 0 spiro atoms. The lowest BCUT2D eigenvalue weighted by molar-refractivity contribution is 0.618. The maximum Gasteiger partial charge on any atom is 0.113 e. The average Bonchev–Trinajstić information content (AvgIpc) is 2.57. The summed E-state index contributed by atoms with van der Waals surface area (Å²) < 4.78 is 2.05. The number of aromatic nitrogens is 2. The van der Waals surface area contributed by atoms with Gasteiger partial charge in [0.15, 0.2) is 0 Å². The molecule has 0 atom stereocenters. The summed E-state index contributed by atoms with van der Waals surface area (Å²) in [7, 11) is 0. The van der Waals surface area contributed by atoms with Crippen molar-refractivity contribution in [3.05, 3.63) is 34.9 Å².